The Morgan fingerprint density at radius 3 is 2.39 bits per heavy atom. The van der Waals surface area contributed by atoms with Crippen molar-refractivity contribution >= 4 is 11.6 Å². The smallest absolute Gasteiger partial charge is 0.254 e. The average Bonchev–Trinajstić information content (AvgIpc) is 2.54. The Labute approximate surface area is 133 Å². The van der Waals surface area contributed by atoms with Gasteiger partial charge in [-0.15, -0.1) is 0 Å². The number of halogens is 2. The second kappa shape index (κ2) is 6.32. The lowest BCUT2D eigenvalue weighted by atomic mass is 10.1. The molecule has 1 aromatic carbocycles. The standard InChI is InChI=1S/C17H17F2N3O/c1-12-11-21(16-2-4-20-5-3-16)6-7-22(12)17(23)13-8-14(18)10-15(19)9-13/h2-5,8-10,12H,6-7,11H2,1H3. The van der Waals surface area contributed by atoms with Crippen LogP contribution in [0, 0.1) is 11.6 Å². The molecule has 0 aliphatic carbocycles. The maximum atomic E-state index is 13.3. The number of hydrogen-bond donors (Lipinski definition) is 0. The molecule has 2 aromatic rings. The summed E-state index contributed by atoms with van der Waals surface area (Å²) in [5, 5.41) is 0. The Kier molecular flexibility index (Phi) is 4.23. The molecule has 1 unspecified atom stereocenters. The summed E-state index contributed by atoms with van der Waals surface area (Å²) in [6.07, 6.45) is 3.46. The van der Waals surface area contributed by atoms with E-state index in [1.807, 2.05) is 19.1 Å². The van der Waals surface area contributed by atoms with E-state index in [9.17, 15) is 13.6 Å². The molecule has 0 spiro atoms. The van der Waals surface area contributed by atoms with Crippen LogP contribution in [-0.4, -0.2) is 41.5 Å². The first-order chi connectivity index (χ1) is 11.0. The topological polar surface area (TPSA) is 36.4 Å². The molecule has 0 N–H and O–H groups in total. The normalized spacial score (nSPS) is 18.1. The lowest BCUT2D eigenvalue weighted by molar-refractivity contribution is 0.0673. The molecule has 3 rings (SSSR count). The number of piperazine rings is 1. The zero-order chi connectivity index (χ0) is 16.4. The van der Waals surface area contributed by atoms with Crippen molar-refractivity contribution in [3.8, 4) is 0 Å². The Bertz CT molecular complexity index is 688. The van der Waals surface area contributed by atoms with Crippen LogP contribution in [0.5, 0.6) is 0 Å². The quantitative estimate of drug-likeness (QED) is 0.854. The molecule has 4 nitrogen and oxygen atoms in total. The fourth-order valence-electron chi connectivity index (χ4n) is 2.89. The summed E-state index contributed by atoms with van der Waals surface area (Å²) in [5.41, 5.74) is 1.10. The average molecular weight is 317 g/mol. The monoisotopic (exact) mass is 317 g/mol. The van der Waals surface area contributed by atoms with Gasteiger partial charge in [0.1, 0.15) is 11.6 Å². The third kappa shape index (κ3) is 3.31. The van der Waals surface area contributed by atoms with Gasteiger partial charge in [0.15, 0.2) is 0 Å². The lowest BCUT2D eigenvalue weighted by Gasteiger charge is -2.41. The van der Waals surface area contributed by atoms with E-state index in [-0.39, 0.29) is 17.5 Å². The third-order valence-corrected chi connectivity index (χ3v) is 4.03. The molecule has 23 heavy (non-hydrogen) atoms. The number of aromatic nitrogens is 1. The zero-order valence-electron chi connectivity index (χ0n) is 12.7. The van der Waals surface area contributed by atoms with Crippen LogP contribution in [0.1, 0.15) is 17.3 Å². The highest BCUT2D eigenvalue weighted by atomic mass is 19.1. The van der Waals surface area contributed by atoms with Crippen molar-refractivity contribution in [2.75, 3.05) is 24.5 Å². The first-order valence-corrected chi connectivity index (χ1v) is 7.46. The van der Waals surface area contributed by atoms with Crippen molar-refractivity contribution in [3.05, 3.63) is 59.9 Å². The van der Waals surface area contributed by atoms with E-state index in [1.54, 1.807) is 17.3 Å². The number of benzene rings is 1. The molecule has 0 radical (unpaired) electrons. The van der Waals surface area contributed by atoms with Crippen LogP contribution >= 0.6 is 0 Å². The van der Waals surface area contributed by atoms with E-state index in [0.29, 0.717) is 19.6 Å². The molecule has 1 aliphatic heterocycles. The number of anilines is 1. The molecule has 1 atom stereocenters. The summed E-state index contributed by atoms with van der Waals surface area (Å²) in [5.74, 6) is -1.82. The van der Waals surface area contributed by atoms with Crippen LogP contribution in [-0.2, 0) is 0 Å². The van der Waals surface area contributed by atoms with Gasteiger partial charge in [0.25, 0.3) is 5.91 Å². The molecule has 0 saturated carbocycles. The van der Waals surface area contributed by atoms with Gasteiger partial charge >= 0.3 is 0 Å². The van der Waals surface area contributed by atoms with Gasteiger partial charge in [0.05, 0.1) is 0 Å². The summed E-state index contributed by atoms with van der Waals surface area (Å²) in [6, 6.07) is 6.71. The summed E-state index contributed by atoms with van der Waals surface area (Å²) in [4.78, 5) is 20.3. The maximum Gasteiger partial charge on any atom is 0.254 e. The van der Waals surface area contributed by atoms with Gasteiger partial charge in [0, 0.05) is 55.4 Å². The van der Waals surface area contributed by atoms with E-state index < -0.39 is 11.6 Å². The van der Waals surface area contributed by atoms with Crippen molar-refractivity contribution in [3.63, 3.8) is 0 Å². The molecule has 6 heteroatoms. The van der Waals surface area contributed by atoms with E-state index in [1.165, 1.54) is 0 Å². The number of carbonyl (C=O) groups excluding carboxylic acids is 1. The molecule has 1 aromatic heterocycles. The van der Waals surface area contributed by atoms with Crippen LogP contribution in [0.15, 0.2) is 42.7 Å². The Morgan fingerprint density at radius 2 is 1.78 bits per heavy atom. The Morgan fingerprint density at radius 1 is 1.13 bits per heavy atom. The van der Waals surface area contributed by atoms with Gasteiger partial charge in [-0.1, -0.05) is 0 Å². The molecule has 2 heterocycles. The third-order valence-electron chi connectivity index (χ3n) is 4.03. The summed E-state index contributed by atoms with van der Waals surface area (Å²) in [7, 11) is 0. The minimum absolute atomic E-state index is 0.0479. The summed E-state index contributed by atoms with van der Waals surface area (Å²) < 4.78 is 26.6. The van der Waals surface area contributed by atoms with E-state index in [0.717, 1.165) is 23.9 Å². The fraction of sp³-hybridized carbons (Fsp3) is 0.294. The zero-order valence-corrected chi connectivity index (χ0v) is 12.7. The highest BCUT2D eigenvalue weighted by Crippen LogP contribution is 2.20. The molecule has 0 bridgehead atoms. The SMILES string of the molecule is CC1CN(c2ccncc2)CCN1C(=O)c1cc(F)cc(F)c1. The van der Waals surface area contributed by atoms with Crippen LogP contribution in [0.2, 0.25) is 0 Å². The fourth-order valence-corrected chi connectivity index (χ4v) is 2.89. The molecular formula is C17H17F2N3O. The maximum absolute atomic E-state index is 13.3. The molecule has 120 valence electrons. The van der Waals surface area contributed by atoms with Crippen molar-refractivity contribution in [2.24, 2.45) is 0 Å². The van der Waals surface area contributed by atoms with Crippen LogP contribution < -0.4 is 4.90 Å². The second-order valence-corrected chi connectivity index (χ2v) is 5.66. The Balaban J connectivity index is 1.74. The van der Waals surface area contributed by atoms with Crippen molar-refractivity contribution in [2.45, 2.75) is 13.0 Å². The first-order valence-electron chi connectivity index (χ1n) is 7.46. The molecular weight excluding hydrogens is 300 g/mol. The number of carbonyl (C=O) groups is 1. The van der Waals surface area contributed by atoms with Gasteiger partial charge in [-0.05, 0) is 31.2 Å². The predicted molar refractivity (Wildman–Crippen MR) is 83.3 cm³/mol. The number of amides is 1. The molecule has 1 fully saturated rings. The number of hydrogen-bond acceptors (Lipinski definition) is 3. The largest absolute Gasteiger partial charge is 0.368 e. The lowest BCUT2D eigenvalue weighted by Crippen LogP contribution is -2.54. The van der Waals surface area contributed by atoms with E-state index in [4.69, 9.17) is 0 Å². The van der Waals surface area contributed by atoms with Crippen LogP contribution in [0.4, 0.5) is 14.5 Å². The molecule has 1 amide bonds. The van der Waals surface area contributed by atoms with Gasteiger partial charge in [-0.2, -0.15) is 0 Å². The van der Waals surface area contributed by atoms with Gasteiger partial charge < -0.3 is 9.80 Å². The van der Waals surface area contributed by atoms with Gasteiger partial charge in [0.2, 0.25) is 0 Å². The van der Waals surface area contributed by atoms with Crippen molar-refractivity contribution < 1.29 is 13.6 Å². The second-order valence-electron chi connectivity index (χ2n) is 5.66. The number of rotatable bonds is 2. The van der Waals surface area contributed by atoms with Crippen LogP contribution in [0.3, 0.4) is 0 Å². The van der Waals surface area contributed by atoms with Gasteiger partial charge in [-0.25, -0.2) is 8.78 Å². The predicted octanol–water partition coefficient (Wildman–Crippen LogP) is 2.71. The number of nitrogens with zero attached hydrogens (tertiary/aromatic N) is 3. The Hall–Kier alpha value is -2.50. The highest BCUT2D eigenvalue weighted by Gasteiger charge is 2.28. The first kappa shape index (κ1) is 15.4. The molecule has 1 aliphatic rings. The van der Waals surface area contributed by atoms with Gasteiger partial charge in [-0.3, -0.25) is 9.78 Å². The minimum atomic E-state index is -0.739. The molecule has 1 saturated heterocycles. The number of pyridine rings is 1. The van der Waals surface area contributed by atoms with Crippen molar-refractivity contribution in [1.82, 2.24) is 9.88 Å². The highest BCUT2D eigenvalue weighted by molar-refractivity contribution is 5.94. The minimum Gasteiger partial charge on any atom is -0.368 e. The van der Waals surface area contributed by atoms with E-state index >= 15 is 0 Å². The van der Waals surface area contributed by atoms with Crippen molar-refractivity contribution in [1.29, 1.82) is 0 Å². The summed E-state index contributed by atoms with van der Waals surface area (Å²) in [6.45, 7) is 3.76. The van der Waals surface area contributed by atoms with E-state index in [2.05, 4.69) is 9.88 Å². The van der Waals surface area contributed by atoms with Crippen LogP contribution in [0.25, 0.3) is 0 Å². The summed E-state index contributed by atoms with van der Waals surface area (Å²) >= 11 is 0.